The molecule has 1 aromatic heterocycles. The average molecular weight is 283 g/mol. The second-order valence-corrected chi connectivity index (χ2v) is 5.46. The standard InChI is InChI=1S/C14H29N5O/c1-5-18(6-2)7-8-19(10-12(3)4)11-13-16-14(9-15)20-17-13/h12H,5-11,15H2,1-4H3. The lowest BCUT2D eigenvalue weighted by molar-refractivity contribution is 0.187. The van der Waals surface area contributed by atoms with Gasteiger partial charge < -0.3 is 15.2 Å². The first-order chi connectivity index (χ1) is 9.58. The lowest BCUT2D eigenvalue weighted by Crippen LogP contribution is -2.36. The third kappa shape index (κ3) is 5.98. The van der Waals surface area contributed by atoms with E-state index in [1.165, 1.54) is 0 Å². The summed E-state index contributed by atoms with van der Waals surface area (Å²) in [4.78, 5) is 9.09. The van der Waals surface area contributed by atoms with Crippen molar-refractivity contribution in [2.24, 2.45) is 11.7 Å². The first kappa shape index (κ1) is 17.1. The molecule has 0 radical (unpaired) electrons. The Balaban J connectivity index is 2.54. The van der Waals surface area contributed by atoms with Gasteiger partial charge in [-0.15, -0.1) is 0 Å². The molecule has 1 rings (SSSR count). The van der Waals surface area contributed by atoms with Crippen LogP contribution < -0.4 is 5.73 Å². The summed E-state index contributed by atoms with van der Waals surface area (Å²) in [6.45, 7) is 15.2. The number of aromatic nitrogens is 2. The number of nitrogens with two attached hydrogens (primary N) is 1. The van der Waals surface area contributed by atoms with Crippen molar-refractivity contribution in [2.45, 2.75) is 40.8 Å². The highest BCUT2D eigenvalue weighted by Crippen LogP contribution is 2.06. The summed E-state index contributed by atoms with van der Waals surface area (Å²) in [6, 6.07) is 0. The van der Waals surface area contributed by atoms with Crippen LogP contribution in [0.1, 0.15) is 39.4 Å². The average Bonchev–Trinajstić information content (AvgIpc) is 2.86. The van der Waals surface area contributed by atoms with Gasteiger partial charge in [-0.25, -0.2) is 0 Å². The van der Waals surface area contributed by atoms with E-state index in [0.717, 1.165) is 45.1 Å². The van der Waals surface area contributed by atoms with E-state index in [9.17, 15) is 0 Å². The van der Waals surface area contributed by atoms with E-state index < -0.39 is 0 Å². The quantitative estimate of drug-likeness (QED) is 0.698. The summed E-state index contributed by atoms with van der Waals surface area (Å²) in [7, 11) is 0. The maximum Gasteiger partial charge on any atom is 0.240 e. The van der Waals surface area contributed by atoms with Crippen molar-refractivity contribution in [3.8, 4) is 0 Å². The third-order valence-electron chi connectivity index (χ3n) is 3.30. The molecule has 1 heterocycles. The van der Waals surface area contributed by atoms with Crippen molar-refractivity contribution < 1.29 is 4.52 Å². The maximum absolute atomic E-state index is 5.49. The zero-order valence-corrected chi connectivity index (χ0v) is 13.3. The van der Waals surface area contributed by atoms with Crippen LogP contribution in [0.5, 0.6) is 0 Å². The smallest absolute Gasteiger partial charge is 0.240 e. The highest BCUT2D eigenvalue weighted by atomic mass is 16.5. The third-order valence-corrected chi connectivity index (χ3v) is 3.30. The second kappa shape index (κ2) is 9.05. The first-order valence-electron chi connectivity index (χ1n) is 7.55. The molecule has 0 saturated heterocycles. The molecule has 0 atom stereocenters. The number of hydrogen-bond acceptors (Lipinski definition) is 6. The molecular weight excluding hydrogens is 254 g/mol. The Morgan fingerprint density at radius 1 is 1.15 bits per heavy atom. The van der Waals surface area contributed by atoms with E-state index in [0.29, 0.717) is 18.4 Å². The number of rotatable bonds is 10. The van der Waals surface area contributed by atoms with E-state index in [1.54, 1.807) is 0 Å². The number of hydrogen-bond donors (Lipinski definition) is 1. The summed E-state index contributed by atoms with van der Waals surface area (Å²) in [5, 5.41) is 3.98. The predicted octanol–water partition coefficient (Wildman–Crippen LogP) is 1.33. The van der Waals surface area contributed by atoms with Crippen LogP contribution in [0.25, 0.3) is 0 Å². The number of nitrogens with zero attached hydrogens (tertiary/aromatic N) is 4. The molecule has 0 saturated carbocycles. The van der Waals surface area contributed by atoms with Crippen LogP contribution in [0.4, 0.5) is 0 Å². The molecule has 6 nitrogen and oxygen atoms in total. The lowest BCUT2D eigenvalue weighted by atomic mass is 10.2. The molecule has 116 valence electrons. The monoisotopic (exact) mass is 283 g/mol. The van der Waals surface area contributed by atoms with Gasteiger partial charge in [-0.05, 0) is 19.0 Å². The van der Waals surface area contributed by atoms with Crippen LogP contribution >= 0.6 is 0 Å². The van der Waals surface area contributed by atoms with Crippen molar-refractivity contribution in [3.63, 3.8) is 0 Å². The molecule has 0 aromatic carbocycles. The van der Waals surface area contributed by atoms with Gasteiger partial charge in [0.25, 0.3) is 0 Å². The van der Waals surface area contributed by atoms with Crippen molar-refractivity contribution in [1.29, 1.82) is 0 Å². The minimum atomic E-state index is 0.302. The van der Waals surface area contributed by atoms with Gasteiger partial charge in [-0.3, -0.25) is 4.90 Å². The molecule has 0 fully saturated rings. The van der Waals surface area contributed by atoms with Crippen molar-refractivity contribution >= 4 is 0 Å². The second-order valence-electron chi connectivity index (χ2n) is 5.46. The zero-order chi connectivity index (χ0) is 15.0. The molecule has 0 bridgehead atoms. The predicted molar refractivity (Wildman–Crippen MR) is 80.1 cm³/mol. The molecule has 2 N–H and O–H groups in total. The molecular formula is C14H29N5O. The Labute approximate surface area is 122 Å². The van der Waals surface area contributed by atoms with Crippen LogP contribution in [0, 0.1) is 5.92 Å². The van der Waals surface area contributed by atoms with Crippen LogP contribution in [0.15, 0.2) is 4.52 Å². The van der Waals surface area contributed by atoms with E-state index in [2.05, 4.69) is 47.6 Å². The number of likely N-dealkylation sites (N-methyl/N-ethyl adjacent to an activating group) is 1. The minimum Gasteiger partial charge on any atom is -0.338 e. The molecule has 0 unspecified atom stereocenters. The highest BCUT2D eigenvalue weighted by Gasteiger charge is 2.13. The van der Waals surface area contributed by atoms with Crippen LogP contribution in [0.3, 0.4) is 0 Å². The highest BCUT2D eigenvalue weighted by molar-refractivity contribution is 4.86. The Morgan fingerprint density at radius 2 is 1.80 bits per heavy atom. The van der Waals surface area contributed by atoms with E-state index in [4.69, 9.17) is 10.3 Å². The molecule has 0 aliphatic rings. The van der Waals surface area contributed by atoms with Crippen molar-refractivity contribution in [2.75, 3.05) is 32.7 Å². The summed E-state index contributed by atoms with van der Waals surface area (Å²) < 4.78 is 5.06. The van der Waals surface area contributed by atoms with Crippen LogP contribution in [-0.4, -0.2) is 52.7 Å². The minimum absolute atomic E-state index is 0.302. The Bertz CT molecular complexity index is 362. The normalized spacial score (nSPS) is 12.0. The van der Waals surface area contributed by atoms with Crippen LogP contribution in [0.2, 0.25) is 0 Å². The largest absolute Gasteiger partial charge is 0.338 e. The Kier molecular flexibility index (Phi) is 7.72. The molecule has 0 spiro atoms. The van der Waals surface area contributed by atoms with E-state index in [-0.39, 0.29) is 0 Å². The summed E-state index contributed by atoms with van der Waals surface area (Å²) in [6.07, 6.45) is 0. The van der Waals surface area contributed by atoms with Gasteiger partial charge in [0, 0.05) is 19.6 Å². The fraction of sp³-hybridized carbons (Fsp3) is 0.857. The Hall–Kier alpha value is -0.980. The van der Waals surface area contributed by atoms with Crippen molar-refractivity contribution in [1.82, 2.24) is 19.9 Å². The van der Waals surface area contributed by atoms with Gasteiger partial charge >= 0.3 is 0 Å². The van der Waals surface area contributed by atoms with Crippen molar-refractivity contribution in [3.05, 3.63) is 11.7 Å². The molecule has 1 aromatic rings. The van der Waals surface area contributed by atoms with Gasteiger partial charge in [0.1, 0.15) is 0 Å². The van der Waals surface area contributed by atoms with Gasteiger partial charge in [-0.2, -0.15) is 4.98 Å². The Morgan fingerprint density at radius 3 is 2.30 bits per heavy atom. The van der Waals surface area contributed by atoms with Gasteiger partial charge in [0.15, 0.2) is 5.82 Å². The topological polar surface area (TPSA) is 71.4 Å². The molecule has 20 heavy (non-hydrogen) atoms. The first-order valence-corrected chi connectivity index (χ1v) is 7.55. The fourth-order valence-electron chi connectivity index (χ4n) is 2.21. The summed E-state index contributed by atoms with van der Waals surface area (Å²) in [5.41, 5.74) is 5.49. The van der Waals surface area contributed by atoms with E-state index in [1.807, 2.05) is 0 Å². The molecule has 0 aliphatic carbocycles. The molecule has 6 heteroatoms. The maximum atomic E-state index is 5.49. The molecule has 0 amide bonds. The van der Waals surface area contributed by atoms with Crippen LogP contribution in [-0.2, 0) is 13.1 Å². The molecule has 0 aliphatic heterocycles. The van der Waals surface area contributed by atoms with Gasteiger partial charge in [0.2, 0.25) is 5.89 Å². The lowest BCUT2D eigenvalue weighted by Gasteiger charge is -2.26. The summed E-state index contributed by atoms with van der Waals surface area (Å²) in [5.74, 6) is 1.85. The zero-order valence-electron chi connectivity index (χ0n) is 13.3. The SMILES string of the molecule is CCN(CC)CCN(Cc1noc(CN)n1)CC(C)C. The van der Waals surface area contributed by atoms with E-state index >= 15 is 0 Å². The fourth-order valence-corrected chi connectivity index (χ4v) is 2.21. The van der Waals surface area contributed by atoms with Gasteiger partial charge in [-0.1, -0.05) is 32.9 Å². The summed E-state index contributed by atoms with van der Waals surface area (Å²) >= 11 is 0. The van der Waals surface area contributed by atoms with Gasteiger partial charge in [0.05, 0.1) is 13.1 Å².